The number of carbonyl (C=O) groups excluding carboxylic acids is 1. The molecule has 5 heteroatoms. The van der Waals surface area contributed by atoms with Crippen molar-refractivity contribution < 1.29 is 9.53 Å². The van der Waals surface area contributed by atoms with E-state index in [1.807, 2.05) is 36.5 Å². The van der Waals surface area contributed by atoms with Crippen molar-refractivity contribution in [1.82, 2.24) is 4.57 Å². The number of hydrogen-bond donors (Lipinski definition) is 1. The molecule has 0 aliphatic carbocycles. The number of nitrogens with one attached hydrogen (secondary N) is 1. The van der Waals surface area contributed by atoms with Crippen molar-refractivity contribution in [3.05, 3.63) is 59.2 Å². The lowest BCUT2D eigenvalue weighted by Gasteiger charge is -2.08. The first-order chi connectivity index (χ1) is 11.2. The van der Waals surface area contributed by atoms with Crippen LogP contribution in [0.25, 0.3) is 10.9 Å². The molecule has 1 heterocycles. The minimum atomic E-state index is -0.00544. The van der Waals surface area contributed by atoms with Gasteiger partial charge in [0, 0.05) is 40.2 Å². The number of halogens is 1. The molecule has 2 aromatic carbocycles. The summed E-state index contributed by atoms with van der Waals surface area (Å²) in [6, 6.07) is 15.5. The number of rotatable bonds is 5. The molecule has 0 spiro atoms. The highest BCUT2D eigenvalue weighted by Crippen LogP contribution is 2.21. The van der Waals surface area contributed by atoms with Crippen molar-refractivity contribution in [2.24, 2.45) is 0 Å². The fourth-order valence-electron chi connectivity index (χ4n) is 2.49. The number of aromatic nitrogens is 1. The van der Waals surface area contributed by atoms with Crippen LogP contribution in [0.15, 0.2) is 59.2 Å². The molecule has 118 valence electrons. The molecule has 0 radical (unpaired) electrons. The van der Waals surface area contributed by atoms with Gasteiger partial charge in [0.05, 0.1) is 7.11 Å². The summed E-state index contributed by atoms with van der Waals surface area (Å²) in [5, 5.41) is 4.06. The van der Waals surface area contributed by atoms with Gasteiger partial charge in [0.15, 0.2) is 0 Å². The Bertz CT molecular complexity index is 825. The second-order valence-corrected chi connectivity index (χ2v) is 6.15. The molecule has 0 aliphatic rings. The van der Waals surface area contributed by atoms with Gasteiger partial charge >= 0.3 is 0 Å². The van der Waals surface area contributed by atoms with Crippen LogP contribution in [0.1, 0.15) is 6.42 Å². The highest BCUT2D eigenvalue weighted by atomic mass is 79.9. The number of nitrogens with zero attached hydrogens (tertiary/aromatic N) is 1. The van der Waals surface area contributed by atoms with Gasteiger partial charge in [0.1, 0.15) is 5.75 Å². The van der Waals surface area contributed by atoms with E-state index in [4.69, 9.17) is 4.74 Å². The average molecular weight is 373 g/mol. The minimum Gasteiger partial charge on any atom is -0.497 e. The van der Waals surface area contributed by atoms with E-state index in [2.05, 4.69) is 44.0 Å². The quantitative estimate of drug-likeness (QED) is 0.719. The maximum atomic E-state index is 12.1. The molecule has 0 aliphatic heterocycles. The van der Waals surface area contributed by atoms with Crippen LogP contribution < -0.4 is 10.1 Å². The van der Waals surface area contributed by atoms with E-state index in [1.54, 1.807) is 7.11 Å². The largest absolute Gasteiger partial charge is 0.497 e. The first-order valence-corrected chi connectivity index (χ1v) is 8.13. The zero-order valence-electron chi connectivity index (χ0n) is 12.8. The molecule has 0 bridgehead atoms. The number of fused-ring (bicyclic) bond motifs is 1. The number of aryl methyl sites for hydroxylation is 1. The Kier molecular flexibility index (Phi) is 4.67. The van der Waals surface area contributed by atoms with Crippen molar-refractivity contribution in [1.29, 1.82) is 0 Å². The topological polar surface area (TPSA) is 43.3 Å². The molecule has 0 atom stereocenters. The van der Waals surface area contributed by atoms with E-state index in [9.17, 15) is 4.79 Å². The molecule has 1 aromatic heterocycles. The van der Waals surface area contributed by atoms with E-state index in [0.717, 1.165) is 26.8 Å². The Balaban J connectivity index is 1.61. The minimum absolute atomic E-state index is 0.00544. The number of anilines is 1. The SMILES string of the molecule is COc1ccc(NC(=O)CCn2ccc3cc(Br)ccc32)cc1. The predicted molar refractivity (Wildman–Crippen MR) is 95.9 cm³/mol. The third-order valence-corrected chi connectivity index (χ3v) is 4.18. The maximum absolute atomic E-state index is 12.1. The van der Waals surface area contributed by atoms with Crippen LogP contribution in [0.4, 0.5) is 5.69 Å². The number of methoxy groups -OCH3 is 1. The van der Waals surface area contributed by atoms with Crippen LogP contribution in [-0.2, 0) is 11.3 Å². The third-order valence-electron chi connectivity index (χ3n) is 3.69. The molecular formula is C18H17BrN2O2. The zero-order valence-corrected chi connectivity index (χ0v) is 14.3. The first kappa shape index (κ1) is 15.6. The molecule has 1 amide bonds. The molecule has 0 fully saturated rings. The summed E-state index contributed by atoms with van der Waals surface area (Å²) < 4.78 is 8.25. The summed E-state index contributed by atoms with van der Waals surface area (Å²) in [5.74, 6) is 0.766. The molecular weight excluding hydrogens is 356 g/mol. The highest BCUT2D eigenvalue weighted by molar-refractivity contribution is 9.10. The van der Waals surface area contributed by atoms with Gasteiger partial charge in [-0.1, -0.05) is 15.9 Å². The number of benzene rings is 2. The summed E-state index contributed by atoms with van der Waals surface area (Å²) >= 11 is 3.47. The van der Waals surface area contributed by atoms with Gasteiger partial charge in [-0.15, -0.1) is 0 Å². The third kappa shape index (κ3) is 3.74. The first-order valence-electron chi connectivity index (χ1n) is 7.34. The summed E-state index contributed by atoms with van der Waals surface area (Å²) in [7, 11) is 1.62. The highest BCUT2D eigenvalue weighted by Gasteiger charge is 2.06. The number of hydrogen-bond acceptors (Lipinski definition) is 2. The van der Waals surface area contributed by atoms with Gasteiger partial charge in [-0.3, -0.25) is 4.79 Å². The fourth-order valence-corrected chi connectivity index (χ4v) is 2.86. The Labute approximate surface area is 143 Å². The van der Waals surface area contributed by atoms with Crippen molar-refractivity contribution in [2.75, 3.05) is 12.4 Å². The number of ether oxygens (including phenoxy) is 1. The van der Waals surface area contributed by atoms with Crippen molar-refractivity contribution >= 4 is 38.4 Å². The smallest absolute Gasteiger partial charge is 0.226 e. The van der Waals surface area contributed by atoms with Crippen LogP contribution in [0, 0.1) is 0 Å². The summed E-state index contributed by atoms with van der Waals surface area (Å²) in [5.41, 5.74) is 1.91. The average Bonchev–Trinajstić information content (AvgIpc) is 2.95. The van der Waals surface area contributed by atoms with Crippen LogP contribution in [0.3, 0.4) is 0 Å². The molecule has 0 saturated heterocycles. The summed E-state index contributed by atoms with van der Waals surface area (Å²) in [6.45, 7) is 0.646. The van der Waals surface area contributed by atoms with Gasteiger partial charge in [-0.2, -0.15) is 0 Å². The van der Waals surface area contributed by atoms with E-state index >= 15 is 0 Å². The Morgan fingerprint density at radius 3 is 2.70 bits per heavy atom. The van der Waals surface area contributed by atoms with Crippen LogP contribution in [-0.4, -0.2) is 17.6 Å². The van der Waals surface area contributed by atoms with Crippen LogP contribution >= 0.6 is 15.9 Å². The molecule has 3 rings (SSSR count). The van der Waals surface area contributed by atoms with Crippen molar-refractivity contribution in [3.63, 3.8) is 0 Å². The van der Waals surface area contributed by atoms with Crippen molar-refractivity contribution in [2.45, 2.75) is 13.0 Å². The second kappa shape index (κ2) is 6.87. The fraction of sp³-hybridized carbons (Fsp3) is 0.167. The lowest BCUT2D eigenvalue weighted by atomic mass is 10.2. The van der Waals surface area contributed by atoms with Gasteiger partial charge in [-0.05, 0) is 48.5 Å². The molecule has 0 saturated carbocycles. The molecule has 0 unspecified atom stereocenters. The van der Waals surface area contributed by atoms with E-state index in [1.165, 1.54) is 0 Å². The molecule has 23 heavy (non-hydrogen) atoms. The lowest BCUT2D eigenvalue weighted by molar-refractivity contribution is -0.116. The Morgan fingerprint density at radius 2 is 1.96 bits per heavy atom. The van der Waals surface area contributed by atoms with Gasteiger partial charge in [0.25, 0.3) is 0 Å². The monoisotopic (exact) mass is 372 g/mol. The number of amides is 1. The van der Waals surface area contributed by atoms with Crippen LogP contribution in [0.2, 0.25) is 0 Å². The van der Waals surface area contributed by atoms with Crippen molar-refractivity contribution in [3.8, 4) is 5.75 Å². The molecule has 3 aromatic rings. The predicted octanol–water partition coefficient (Wildman–Crippen LogP) is 4.44. The van der Waals surface area contributed by atoms with Gasteiger partial charge in [-0.25, -0.2) is 0 Å². The Hall–Kier alpha value is -2.27. The summed E-state index contributed by atoms with van der Waals surface area (Å²) in [6.07, 6.45) is 2.43. The normalized spacial score (nSPS) is 10.7. The lowest BCUT2D eigenvalue weighted by Crippen LogP contribution is -2.14. The zero-order chi connectivity index (χ0) is 16.2. The van der Waals surface area contributed by atoms with E-state index < -0.39 is 0 Å². The number of carbonyl (C=O) groups is 1. The Morgan fingerprint density at radius 1 is 1.17 bits per heavy atom. The van der Waals surface area contributed by atoms with Crippen LogP contribution in [0.5, 0.6) is 5.75 Å². The molecule has 4 nitrogen and oxygen atoms in total. The summed E-state index contributed by atoms with van der Waals surface area (Å²) in [4.78, 5) is 12.1. The second-order valence-electron chi connectivity index (χ2n) is 5.24. The van der Waals surface area contributed by atoms with E-state index in [0.29, 0.717) is 13.0 Å². The van der Waals surface area contributed by atoms with Gasteiger partial charge < -0.3 is 14.6 Å². The molecule has 1 N–H and O–H groups in total. The maximum Gasteiger partial charge on any atom is 0.226 e. The van der Waals surface area contributed by atoms with Gasteiger partial charge in [0.2, 0.25) is 5.91 Å². The standard InChI is InChI=1S/C18H17BrN2O2/c1-23-16-5-3-15(4-6-16)20-18(22)9-11-21-10-8-13-12-14(19)2-7-17(13)21/h2-8,10,12H,9,11H2,1H3,(H,20,22). The van der Waals surface area contributed by atoms with E-state index in [-0.39, 0.29) is 5.91 Å².